The van der Waals surface area contributed by atoms with Crippen LogP contribution in [0.2, 0.25) is 0 Å². The summed E-state index contributed by atoms with van der Waals surface area (Å²) in [6.45, 7) is 0. The van der Waals surface area contributed by atoms with Crippen molar-refractivity contribution in [3.63, 3.8) is 0 Å². The van der Waals surface area contributed by atoms with E-state index in [1.54, 1.807) is 36.1 Å². The van der Waals surface area contributed by atoms with Crippen LogP contribution < -0.4 is 4.72 Å². The fourth-order valence-corrected chi connectivity index (χ4v) is 4.13. The van der Waals surface area contributed by atoms with Crippen LogP contribution in [0.4, 0.5) is 18.9 Å². The molecule has 0 aliphatic rings. The summed E-state index contributed by atoms with van der Waals surface area (Å²) in [6, 6.07) is 7.71. The van der Waals surface area contributed by atoms with Gasteiger partial charge >= 0.3 is 6.18 Å². The number of para-hydroxylation sites is 1. The highest BCUT2D eigenvalue weighted by Gasteiger charge is 2.36. The normalized spacial score (nSPS) is 12.4. The minimum atomic E-state index is -4.60. The Bertz CT molecular complexity index is 1340. The van der Waals surface area contributed by atoms with Crippen LogP contribution in [0, 0.1) is 0 Å². The Hall–Kier alpha value is -3.41. The van der Waals surface area contributed by atoms with E-state index in [0.717, 1.165) is 22.3 Å². The molecule has 1 aromatic carbocycles. The molecule has 12 heteroatoms. The third kappa shape index (κ3) is 3.38. The molecule has 8 nitrogen and oxygen atoms in total. The number of imidazole rings is 1. The molecule has 4 aromatic rings. The molecule has 30 heavy (non-hydrogen) atoms. The van der Waals surface area contributed by atoms with Crippen molar-refractivity contribution in [3.8, 4) is 11.4 Å². The lowest BCUT2D eigenvalue weighted by molar-refractivity contribution is -0.146. The number of hydrogen-bond acceptors (Lipinski definition) is 5. The number of halogens is 3. The van der Waals surface area contributed by atoms with Gasteiger partial charge in [-0.25, -0.2) is 13.4 Å². The van der Waals surface area contributed by atoms with Gasteiger partial charge in [0.15, 0.2) is 0 Å². The monoisotopic (exact) mass is 436 g/mol. The fraction of sp³-hybridized carbons (Fsp3) is 0.167. The summed E-state index contributed by atoms with van der Waals surface area (Å²) in [5, 5.41) is 4.88. The number of aromatic nitrogens is 5. The van der Waals surface area contributed by atoms with Crippen LogP contribution in [0.25, 0.3) is 22.3 Å². The SMILES string of the molecule is Cn1c(-c2ccc(S(=O)(=O)Nc3cccc4cnn(C)c34)cn2)cnc1C(F)(F)F. The Kier molecular flexibility index (Phi) is 4.53. The summed E-state index contributed by atoms with van der Waals surface area (Å²) < 4.78 is 69.2. The highest BCUT2D eigenvalue weighted by molar-refractivity contribution is 7.92. The Morgan fingerprint density at radius 1 is 1.00 bits per heavy atom. The quantitative estimate of drug-likeness (QED) is 0.530. The van der Waals surface area contributed by atoms with Gasteiger partial charge in [-0.05, 0) is 18.2 Å². The molecule has 0 atom stereocenters. The summed E-state index contributed by atoms with van der Waals surface area (Å²) >= 11 is 0. The largest absolute Gasteiger partial charge is 0.449 e. The first-order chi connectivity index (χ1) is 14.1. The van der Waals surface area contributed by atoms with Crippen LogP contribution in [-0.2, 0) is 30.3 Å². The topological polar surface area (TPSA) is 94.7 Å². The van der Waals surface area contributed by atoms with Crippen molar-refractivity contribution >= 4 is 26.6 Å². The van der Waals surface area contributed by atoms with Crippen molar-refractivity contribution in [2.45, 2.75) is 11.1 Å². The number of benzene rings is 1. The molecule has 0 unspecified atom stereocenters. The van der Waals surface area contributed by atoms with Crippen LogP contribution >= 0.6 is 0 Å². The number of anilines is 1. The molecular weight excluding hydrogens is 421 g/mol. The van der Waals surface area contributed by atoms with E-state index in [2.05, 4.69) is 19.8 Å². The minimum Gasteiger partial charge on any atom is -0.322 e. The molecule has 4 rings (SSSR count). The highest BCUT2D eigenvalue weighted by Crippen LogP contribution is 2.31. The summed E-state index contributed by atoms with van der Waals surface area (Å²) in [5.41, 5.74) is 1.23. The van der Waals surface area contributed by atoms with E-state index in [1.807, 2.05) is 0 Å². The van der Waals surface area contributed by atoms with Gasteiger partial charge in [-0.3, -0.25) is 14.4 Å². The number of rotatable bonds is 4. The van der Waals surface area contributed by atoms with Crippen LogP contribution in [0.5, 0.6) is 0 Å². The molecule has 1 N–H and O–H groups in total. The van der Waals surface area contributed by atoms with E-state index in [0.29, 0.717) is 11.2 Å². The standard InChI is InChI=1S/C18H15F3N6O2S/c1-26-15(10-23-17(26)18(19,20)21)13-7-6-12(9-22-13)30(28,29)25-14-5-3-4-11-8-24-27(2)16(11)14/h3-10,25H,1-2H3. The van der Waals surface area contributed by atoms with E-state index < -0.39 is 22.0 Å². The first-order valence-electron chi connectivity index (χ1n) is 8.57. The van der Waals surface area contributed by atoms with Gasteiger partial charge in [0.05, 0.1) is 35.0 Å². The molecule has 0 spiro atoms. The third-order valence-electron chi connectivity index (χ3n) is 4.56. The van der Waals surface area contributed by atoms with Gasteiger partial charge in [0.2, 0.25) is 5.82 Å². The van der Waals surface area contributed by atoms with Crippen molar-refractivity contribution in [2.24, 2.45) is 14.1 Å². The van der Waals surface area contributed by atoms with Gasteiger partial charge in [0.25, 0.3) is 10.0 Å². The summed E-state index contributed by atoms with van der Waals surface area (Å²) in [6.07, 6.45) is -0.860. The van der Waals surface area contributed by atoms with E-state index in [4.69, 9.17) is 0 Å². The molecule has 0 saturated heterocycles. The number of pyridine rings is 1. The first-order valence-corrected chi connectivity index (χ1v) is 10.0. The Morgan fingerprint density at radius 3 is 2.40 bits per heavy atom. The maximum Gasteiger partial charge on any atom is 0.449 e. The van der Waals surface area contributed by atoms with Crippen molar-refractivity contribution in [3.05, 3.63) is 54.7 Å². The molecule has 0 amide bonds. The Balaban J connectivity index is 1.65. The molecule has 0 bridgehead atoms. The number of sulfonamides is 1. The predicted molar refractivity (Wildman–Crippen MR) is 103 cm³/mol. The number of nitrogens with zero attached hydrogens (tertiary/aromatic N) is 5. The van der Waals surface area contributed by atoms with Crippen LogP contribution in [-0.4, -0.2) is 32.7 Å². The first kappa shape index (κ1) is 19.9. The lowest BCUT2D eigenvalue weighted by Gasteiger charge is -2.11. The zero-order chi connectivity index (χ0) is 21.7. The third-order valence-corrected chi connectivity index (χ3v) is 5.91. The van der Waals surface area contributed by atoms with Crippen LogP contribution in [0.15, 0.2) is 53.8 Å². The molecule has 3 aromatic heterocycles. The second kappa shape index (κ2) is 6.83. The molecule has 0 radical (unpaired) electrons. The average molecular weight is 436 g/mol. The van der Waals surface area contributed by atoms with E-state index in [9.17, 15) is 21.6 Å². The highest BCUT2D eigenvalue weighted by atomic mass is 32.2. The maximum atomic E-state index is 12.9. The second-order valence-electron chi connectivity index (χ2n) is 6.52. The number of nitrogens with one attached hydrogen (secondary N) is 1. The lowest BCUT2D eigenvalue weighted by atomic mass is 10.2. The van der Waals surface area contributed by atoms with E-state index >= 15 is 0 Å². The minimum absolute atomic E-state index is 0.110. The van der Waals surface area contributed by atoms with Gasteiger partial charge in [0, 0.05) is 25.7 Å². The molecule has 156 valence electrons. The number of hydrogen-bond donors (Lipinski definition) is 1. The summed E-state index contributed by atoms with van der Waals surface area (Å²) in [4.78, 5) is 7.26. The molecular formula is C18H15F3N6O2S. The lowest BCUT2D eigenvalue weighted by Crippen LogP contribution is -2.14. The van der Waals surface area contributed by atoms with Gasteiger partial charge in [-0.15, -0.1) is 0 Å². The van der Waals surface area contributed by atoms with E-state index in [-0.39, 0.29) is 16.3 Å². The van der Waals surface area contributed by atoms with Crippen molar-refractivity contribution in [1.82, 2.24) is 24.3 Å². The number of alkyl halides is 3. The smallest absolute Gasteiger partial charge is 0.322 e. The van der Waals surface area contributed by atoms with E-state index in [1.165, 1.54) is 19.2 Å². The summed E-state index contributed by atoms with van der Waals surface area (Å²) in [5.74, 6) is -1.07. The maximum absolute atomic E-state index is 12.9. The van der Waals surface area contributed by atoms with Crippen molar-refractivity contribution < 1.29 is 21.6 Å². The van der Waals surface area contributed by atoms with Gasteiger partial charge < -0.3 is 4.57 Å². The summed E-state index contributed by atoms with van der Waals surface area (Å²) in [7, 11) is -1.07. The predicted octanol–water partition coefficient (Wildman–Crippen LogP) is 3.19. The average Bonchev–Trinajstić information content (AvgIpc) is 3.25. The zero-order valence-electron chi connectivity index (χ0n) is 15.7. The van der Waals surface area contributed by atoms with Crippen molar-refractivity contribution in [2.75, 3.05) is 4.72 Å². The Morgan fingerprint density at radius 2 is 1.77 bits per heavy atom. The number of fused-ring (bicyclic) bond motifs is 1. The van der Waals surface area contributed by atoms with Crippen LogP contribution in [0.1, 0.15) is 5.82 Å². The van der Waals surface area contributed by atoms with Crippen LogP contribution in [0.3, 0.4) is 0 Å². The molecule has 0 saturated carbocycles. The molecule has 3 heterocycles. The van der Waals surface area contributed by atoms with Gasteiger partial charge in [0.1, 0.15) is 4.90 Å². The molecule has 0 aliphatic heterocycles. The van der Waals surface area contributed by atoms with Gasteiger partial charge in [-0.2, -0.15) is 18.3 Å². The second-order valence-corrected chi connectivity index (χ2v) is 8.20. The molecule has 0 fully saturated rings. The number of aryl methyl sites for hydroxylation is 1. The Labute approximate surface area is 169 Å². The molecule has 0 aliphatic carbocycles. The zero-order valence-corrected chi connectivity index (χ0v) is 16.5. The van der Waals surface area contributed by atoms with Crippen molar-refractivity contribution in [1.29, 1.82) is 0 Å². The fourth-order valence-electron chi connectivity index (χ4n) is 3.12. The van der Waals surface area contributed by atoms with Gasteiger partial charge in [-0.1, -0.05) is 12.1 Å².